The molecule has 4 heteroatoms. The van der Waals surface area contributed by atoms with E-state index in [0.29, 0.717) is 0 Å². The summed E-state index contributed by atoms with van der Waals surface area (Å²) in [4.78, 5) is 22.1. The van der Waals surface area contributed by atoms with Gasteiger partial charge in [-0.15, -0.1) is 0 Å². The van der Waals surface area contributed by atoms with Crippen molar-refractivity contribution in [2.45, 2.75) is 19.4 Å². The highest BCUT2D eigenvalue weighted by atomic mass is 16.6. The molecule has 0 radical (unpaired) electrons. The fourth-order valence-corrected chi connectivity index (χ4v) is 1.83. The smallest absolute Gasteiger partial charge is 0.311 e. The summed E-state index contributed by atoms with van der Waals surface area (Å²) in [5, 5.41) is 8.99. The molecule has 1 fully saturated rings. The fraction of sp³-hybridized carbons (Fsp3) is 0.333. The summed E-state index contributed by atoms with van der Waals surface area (Å²) < 4.78 is 5.04. The molecule has 84 valence electrons. The lowest BCUT2D eigenvalue weighted by atomic mass is 9.95. The van der Waals surface area contributed by atoms with E-state index in [1.807, 2.05) is 19.1 Å². The van der Waals surface area contributed by atoms with Crippen molar-refractivity contribution in [3.8, 4) is 0 Å². The first-order valence-corrected chi connectivity index (χ1v) is 5.07. The number of ether oxygens (including phenoxy) is 1. The van der Waals surface area contributed by atoms with Crippen LogP contribution in [0.15, 0.2) is 24.3 Å². The Balaban J connectivity index is 2.28. The Hall–Kier alpha value is -1.84. The third-order valence-corrected chi connectivity index (χ3v) is 2.73. The number of aryl methyl sites for hydroxylation is 1. The number of carboxylic acids is 1. The molecule has 0 bridgehead atoms. The predicted molar refractivity (Wildman–Crippen MR) is 55.8 cm³/mol. The zero-order valence-electron chi connectivity index (χ0n) is 8.84. The van der Waals surface area contributed by atoms with Crippen LogP contribution >= 0.6 is 0 Å². The van der Waals surface area contributed by atoms with E-state index in [2.05, 4.69) is 0 Å². The van der Waals surface area contributed by atoms with E-state index in [1.165, 1.54) is 0 Å². The van der Waals surface area contributed by atoms with Crippen molar-refractivity contribution in [1.29, 1.82) is 0 Å². The maximum absolute atomic E-state index is 11.1. The van der Waals surface area contributed by atoms with Gasteiger partial charge in [0.05, 0.1) is 6.42 Å². The topological polar surface area (TPSA) is 63.6 Å². The molecule has 1 N–H and O–H groups in total. The summed E-state index contributed by atoms with van der Waals surface area (Å²) in [7, 11) is 0. The zero-order valence-corrected chi connectivity index (χ0v) is 8.84. The van der Waals surface area contributed by atoms with E-state index in [4.69, 9.17) is 9.84 Å². The minimum Gasteiger partial charge on any atom is -0.481 e. The summed E-state index contributed by atoms with van der Waals surface area (Å²) in [6.07, 6.45) is -0.695. The minimum atomic E-state index is -0.989. The number of hydrogen-bond donors (Lipinski definition) is 1. The molecule has 1 aromatic carbocycles. The van der Waals surface area contributed by atoms with Crippen LogP contribution in [0.5, 0.6) is 0 Å². The molecule has 0 aromatic heterocycles. The van der Waals surface area contributed by atoms with Crippen molar-refractivity contribution < 1.29 is 19.4 Å². The molecule has 0 unspecified atom stereocenters. The van der Waals surface area contributed by atoms with E-state index in [1.54, 1.807) is 12.1 Å². The first-order chi connectivity index (χ1) is 7.58. The van der Waals surface area contributed by atoms with Crippen molar-refractivity contribution in [3.05, 3.63) is 35.4 Å². The summed E-state index contributed by atoms with van der Waals surface area (Å²) in [6, 6.07) is 7.35. The van der Waals surface area contributed by atoms with Gasteiger partial charge in [-0.2, -0.15) is 0 Å². The Morgan fingerprint density at radius 3 is 2.56 bits per heavy atom. The highest BCUT2D eigenvalue weighted by Crippen LogP contribution is 2.35. The molecule has 4 nitrogen and oxygen atoms in total. The molecule has 0 amide bonds. The van der Waals surface area contributed by atoms with Crippen LogP contribution in [0.1, 0.15) is 23.7 Å². The highest BCUT2D eigenvalue weighted by molar-refractivity contribution is 5.82. The molecular weight excluding hydrogens is 208 g/mol. The molecular formula is C12H12O4. The molecule has 1 heterocycles. The molecule has 0 spiro atoms. The van der Waals surface area contributed by atoms with Crippen LogP contribution in [-0.2, 0) is 14.3 Å². The molecule has 0 aliphatic carbocycles. The number of hydrogen-bond acceptors (Lipinski definition) is 3. The average Bonchev–Trinajstić information content (AvgIpc) is 2.61. The second kappa shape index (κ2) is 3.96. The van der Waals surface area contributed by atoms with Gasteiger partial charge in [0, 0.05) is 0 Å². The largest absolute Gasteiger partial charge is 0.481 e. The van der Waals surface area contributed by atoms with Crippen LogP contribution in [0.25, 0.3) is 0 Å². The van der Waals surface area contributed by atoms with Gasteiger partial charge in [-0.3, -0.25) is 9.59 Å². The van der Waals surface area contributed by atoms with Crippen LogP contribution in [0.3, 0.4) is 0 Å². The number of carbonyl (C=O) groups is 2. The molecule has 1 aliphatic heterocycles. The maximum atomic E-state index is 11.1. The SMILES string of the molecule is Cc1ccc([C@@H]2OC(=O)C[C@H]2C(=O)O)cc1. The number of benzene rings is 1. The highest BCUT2D eigenvalue weighted by Gasteiger charge is 2.40. The first kappa shape index (κ1) is 10.7. The van der Waals surface area contributed by atoms with Crippen LogP contribution in [0.2, 0.25) is 0 Å². The number of aliphatic carboxylic acids is 1. The first-order valence-electron chi connectivity index (χ1n) is 5.07. The molecule has 2 rings (SSSR count). The van der Waals surface area contributed by atoms with E-state index in [0.717, 1.165) is 11.1 Å². The zero-order chi connectivity index (χ0) is 11.7. The molecule has 1 aromatic rings. The van der Waals surface area contributed by atoms with Crippen LogP contribution in [-0.4, -0.2) is 17.0 Å². The van der Waals surface area contributed by atoms with Gasteiger partial charge in [-0.1, -0.05) is 29.8 Å². The number of rotatable bonds is 2. The van der Waals surface area contributed by atoms with Crippen molar-refractivity contribution in [2.75, 3.05) is 0 Å². The van der Waals surface area contributed by atoms with Crippen LogP contribution in [0.4, 0.5) is 0 Å². The number of esters is 1. The van der Waals surface area contributed by atoms with Gasteiger partial charge in [0.1, 0.15) is 12.0 Å². The lowest BCUT2D eigenvalue weighted by molar-refractivity contribution is -0.144. The Labute approximate surface area is 92.8 Å². The summed E-state index contributed by atoms with van der Waals surface area (Å²) in [5.74, 6) is -2.20. The molecule has 1 saturated heterocycles. The van der Waals surface area contributed by atoms with Gasteiger partial charge in [0.2, 0.25) is 0 Å². The van der Waals surface area contributed by atoms with Gasteiger partial charge < -0.3 is 9.84 Å². The van der Waals surface area contributed by atoms with Crippen molar-refractivity contribution >= 4 is 11.9 Å². The average molecular weight is 220 g/mol. The molecule has 1 aliphatic rings. The van der Waals surface area contributed by atoms with E-state index in [-0.39, 0.29) is 6.42 Å². The van der Waals surface area contributed by atoms with Crippen molar-refractivity contribution in [2.24, 2.45) is 5.92 Å². The standard InChI is InChI=1S/C12H12O4/c1-7-2-4-8(5-3-7)11-9(12(14)15)6-10(13)16-11/h2-5,9,11H,6H2,1H3,(H,14,15)/t9-,11+/m1/s1. The van der Waals surface area contributed by atoms with Crippen molar-refractivity contribution in [1.82, 2.24) is 0 Å². The Morgan fingerprint density at radius 2 is 2.00 bits per heavy atom. The fourth-order valence-electron chi connectivity index (χ4n) is 1.83. The summed E-state index contributed by atoms with van der Waals surface area (Å²) >= 11 is 0. The normalized spacial score (nSPS) is 24.2. The summed E-state index contributed by atoms with van der Waals surface area (Å²) in [6.45, 7) is 1.94. The lowest BCUT2D eigenvalue weighted by Gasteiger charge is -2.14. The van der Waals surface area contributed by atoms with Crippen LogP contribution in [0, 0.1) is 12.8 Å². The predicted octanol–water partition coefficient (Wildman–Crippen LogP) is 1.68. The van der Waals surface area contributed by atoms with E-state index in [9.17, 15) is 9.59 Å². The Bertz CT molecular complexity index is 421. The molecule has 0 saturated carbocycles. The van der Waals surface area contributed by atoms with Gasteiger partial charge >= 0.3 is 11.9 Å². The number of cyclic esters (lactones) is 1. The maximum Gasteiger partial charge on any atom is 0.311 e. The van der Waals surface area contributed by atoms with Crippen LogP contribution < -0.4 is 0 Å². The molecule has 2 atom stereocenters. The second-order valence-electron chi connectivity index (χ2n) is 3.97. The lowest BCUT2D eigenvalue weighted by Crippen LogP contribution is -2.17. The Morgan fingerprint density at radius 1 is 1.38 bits per heavy atom. The van der Waals surface area contributed by atoms with E-state index >= 15 is 0 Å². The van der Waals surface area contributed by atoms with Gasteiger partial charge in [0.25, 0.3) is 0 Å². The Kier molecular flexibility index (Phi) is 2.64. The summed E-state index contributed by atoms with van der Waals surface area (Å²) in [5.41, 5.74) is 1.82. The molecule has 16 heavy (non-hydrogen) atoms. The third kappa shape index (κ3) is 1.91. The van der Waals surface area contributed by atoms with Crippen molar-refractivity contribution in [3.63, 3.8) is 0 Å². The van der Waals surface area contributed by atoms with Gasteiger partial charge in [-0.25, -0.2) is 0 Å². The minimum absolute atomic E-state index is 0.0477. The third-order valence-electron chi connectivity index (χ3n) is 2.73. The quantitative estimate of drug-likeness (QED) is 0.770. The monoisotopic (exact) mass is 220 g/mol. The van der Waals surface area contributed by atoms with Gasteiger partial charge in [0.15, 0.2) is 0 Å². The van der Waals surface area contributed by atoms with E-state index < -0.39 is 24.0 Å². The number of carboxylic acid groups (broad SMARTS) is 1. The second-order valence-corrected chi connectivity index (χ2v) is 3.97. The van der Waals surface area contributed by atoms with Gasteiger partial charge in [-0.05, 0) is 12.5 Å². The number of carbonyl (C=O) groups excluding carboxylic acids is 1.